The lowest BCUT2D eigenvalue weighted by atomic mass is 10.2. The summed E-state index contributed by atoms with van der Waals surface area (Å²) in [6.07, 6.45) is 5.69. The molecule has 7 nitrogen and oxygen atoms in total. The third-order valence-corrected chi connectivity index (χ3v) is 4.94. The summed E-state index contributed by atoms with van der Waals surface area (Å²) in [5, 5.41) is 9.79. The molecule has 1 aliphatic heterocycles. The van der Waals surface area contributed by atoms with E-state index in [9.17, 15) is 9.59 Å². The van der Waals surface area contributed by atoms with Gasteiger partial charge in [0.25, 0.3) is 0 Å². The van der Waals surface area contributed by atoms with Gasteiger partial charge in [0.2, 0.25) is 5.91 Å². The number of carbonyl (C=O) groups excluding carboxylic acids is 2. The number of hydrogen-bond acceptors (Lipinski definition) is 4. The molecule has 1 saturated heterocycles. The van der Waals surface area contributed by atoms with Crippen LogP contribution in [0.3, 0.4) is 0 Å². The Morgan fingerprint density at radius 1 is 1.45 bits per heavy atom. The van der Waals surface area contributed by atoms with E-state index in [1.54, 1.807) is 7.05 Å². The molecule has 2 fully saturated rings. The molecule has 0 aromatic rings. The molecule has 22 heavy (non-hydrogen) atoms. The number of guanidine groups is 1. The molecule has 1 saturated carbocycles. The Labute approximate surface area is 152 Å². The topological polar surface area (TPSA) is 85.8 Å². The molecule has 0 aromatic carbocycles. The minimum absolute atomic E-state index is 0. The van der Waals surface area contributed by atoms with Gasteiger partial charge in [0.05, 0.1) is 6.54 Å². The second-order valence-corrected chi connectivity index (χ2v) is 6.35. The molecule has 0 aromatic heterocycles. The third kappa shape index (κ3) is 5.18. The van der Waals surface area contributed by atoms with E-state index in [-0.39, 0.29) is 42.5 Å². The smallest absolute Gasteiger partial charge is 0.324 e. The maximum absolute atomic E-state index is 11.4. The van der Waals surface area contributed by atoms with Crippen molar-refractivity contribution < 1.29 is 9.59 Å². The molecule has 0 bridgehead atoms. The third-order valence-electron chi connectivity index (χ3n) is 3.85. The van der Waals surface area contributed by atoms with E-state index >= 15 is 0 Å². The SMILES string of the molecule is CN=C(NCCN1C(=O)CNC1=O)NC1CCC(SC)C1.I. The number of nitrogens with zero attached hydrogens (tertiary/aromatic N) is 2. The van der Waals surface area contributed by atoms with Crippen molar-refractivity contribution in [2.75, 3.05) is 32.9 Å². The van der Waals surface area contributed by atoms with E-state index in [0.717, 1.165) is 24.1 Å². The predicted molar refractivity (Wildman–Crippen MR) is 100.0 cm³/mol. The first-order chi connectivity index (χ1) is 10.1. The van der Waals surface area contributed by atoms with Crippen LogP contribution in [0.5, 0.6) is 0 Å². The van der Waals surface area contributed by atoms with E-state index in [0.29, 0.717) is 19.1 Å². The molecule has 2 unspecified atom stereocenters. The molecule has 0 radical (unpaired) electrons. The van der Waals surface area contributed by atoms with E-state index in [1.165, 1.54) is 11.3 Å². The van der Waals surface area contributed by atoms with Crippen molar-refractivity contribution in [3.8, 4) is 0 Å². The Bertz CT molecular complexity index is 419. The molecule has 3 N–H and O–H groups in total. The summed E-state index contributed by atoms with van der Waals surface area (Å²) >= 11 is 1.92. The van der Waals surface area contributed by atoms with Crippen LogP contribution in [0.15, 0.2) is 4.99 Å². The zero-order valence-corrected chi connectivity index (χ0v) is 16.1. The molecule has 1 aliphatic carbocycles. The summed E-state index contributed by atoms with van der Waals surface area (Å²) in [5.41, 5.74) is 0. The normalized spacial score (nSPS) is 25.0. The van der Waals surface area contributed by atoms with Crippen LogP contribution in [-0.2, 0) is 4.79 Å². The van der Waals surface area contributed by atoms with Crippen molar-refractivity contribution in [3.05, 3.63) is 0 Å². The zero-order chi connectivity index (χ0) is 15.2. The van der Waals surface area contributed by atoms with Crippen molar-refractivity contribution in [2.45, 2.75) is 30.6 Å². The van der Waals surface area contributed by atoms with Crippen molar-refractivity contribution in [1.29, 1.82) is 0 Å². The Balaban J connectivity index is 0.00000242. The van der Waals surface area contributed by atoms with Crippen LogP contribution >= 0.6 is 35.7 Å². The van der Waals surface area contributed by atoms with Crippen LogP contribution < -0.4 is 16.0 Å². The van der Waals surface area contributed by atoms with Crippen molar-refractivity contribution in [2.24, 2.45) is 4.99 Å². The highest BCUT2D eigenvalue weighted by atomic mass is 127. The zero-order valence-electron chi connectivity index (χ0n) is 12.9. The number of rotatable bonds is 5. The van der Waals surface area contributed by atoms with E-state index in [1.807, 2.05) is 11.8 Å². The Morgan fingerprint density at radius 3 is 2.77 bits per heavy atom. The first kappa shape index (κ1) is 19.3. The highest BCUT2D eigenvalue weighted by molar-refractivity contribution is 14.0. The lowest BCUT2D eigenvalue weighted by Gasteiger charge is -2.18. The largest absolute Gasteiger partial charge is 0.355 e. The summed E-state index contributed by atoms with van der Waals surface area (Å²) in [6.45, 7) is 0.949. The Kier molecular flexibility index (Phi) is 8.29. The van der Waals surface area contributed by atoms with Crippen LogP contribution in [0.1, 0.15) is 19.3 Å². The molecule has 0 spiro atoms. The van der Waals surface area contributed by atoms with Gasteiger partial charge >= 0.3 is 6.03 Å². The van der Waals surface area contributed by atoms with Crippen molar-refractivity contribution >= 4 is 53.6 Å². The van der Waals surface area contributed by atoms with E-state index < -0.39 is 0 Å². The number of thioether (sulfide) groups is 1. The minimum atomic E-state index is -0.316. The number of hydrogen-bond donors (Lipinski definition) is 3. The summed E-state index contributed by atoms with van der Waals surface area (Å²) in [4.78, 5) is 28.3. The summed E-state index contributed by atoms with van der Waals surface area (Å²) in [6, 6.07) is 0.133. The highest BCUT2D eigenvalue weighted by Crippen LogP contribution is 2.27. The molecule has 2 aliphatic rings. The van der Waals surface area contributed by atoms with Gasteiger partial charge in [-0.05, 0) is 25.5 Å². The van der Waals surface area contributed by atoms with Crippen LogP contribution in [-0.4, -0.2) is 67.0 Å². The van der Waals surface area contributed by atoms with E-state index in [2.05, 4.69) is 27.2 Å². The summed E-state index contributed by atoms with van der Waals surface area (Å²) < 4.78 is 0. The van der Waals surface area contributed by atoms with Crippen molar-refractivity contribution in [3.63, 3.8) is 0 Å². The number of amides is 3. The monoisotopic (exact) mass is 441 g/mol. The van der Waals surface area contributed by atoms with Crippen LogP contribution in [0.2, 0.25) is 0 Å². The van der Waals surface area contributed by atoms with Gasteiger partial charge in [-0.1, -0.05) is 0 Å². The van der Waals surface area contributed by atoms with Gasteiger partial charge in [0.15, 0.2) is 5.96 Å². The average molecular weight is 441 g/mol. The molecular formula is C13H24IN5O2S. The van der Waals surface area contributed by atoms with Gasteiger partial charge in [-0.25, -0.2) is 4.79 Å². The predicted octanol–water partition coefficient (Wildman–Crippen LogP) is 0.605. The maximum atomic E-state index is 11.4. The standard InChI is InChI=1S/C13H23N5O2S.HI/c1-14-12(17-9-3-4-10(7-9)21-2)15-5-6-18-11(19)8-16-13(18)20;/h9-10H,3-8H2,1-2H3,(H,16,20)(H2,14,15,17);1H. The number of aliphatic imine (C=N–C) groups is 1. The first-order valence-corrected chi connectivity index (χ1v) is 8.51. The number of carbonyl (C=O) groups is 2. The van der Waals surface area contributed by atoms with Gasteiger partial charge in [-0.15, -0.1) is 24.0 Å². The number of urea groups is 1. The number of imide groups is 1. The summed E-state index contributed by atoms with van der Waals surface area (Å²) in [7, 11) is 1.73. The average Bonchev–Trinajstić information content (AvgIpc) is 3.06. The fraction of sp³-hybridized carbons (Fsp3) is 0.769. The fourth-order valence-electron chi connectivity index (χ4n) is 2.64. The van der Waals surface area contributed by atoms with Gasteiger partial charge in [-0.3, -0.25) is 14.7 Å². The van der Waals surface area contributed by atoms with Gasteiger partial charge in [-0.2, -0.15) is 11.8 Å². The molecule has 126 valence electrons. The van der Waals surface area contributed by atoms with E-state index in [4.69, 9.17) is 0 Å². The van der Waals surface area contributed by atoms with Gasteiger partial charge < -0.3 is 16.0 Å². The molecular weight excluding hydrogens is 417 g/mol. The second-order valence-electron chi connectivity index (χ2n) is 5.22. The number of halogens is 1. The highest BCUT2D eigenvalue weighted by Gasteiger charge is 2.28. The quantitative estimate of drug-likeness (QED) is 0.252. The van der Waals surface area contributed by atoms with Crippen molar-refractivity contribution in [1.82, 2.24) is 20.9 Å². The molecule has 2 atom stereocenters. The minimum Gasteiger partial charge on any atom is -0.355 e. The summed E-state index contributed by atoms with van der Waals surface area (Å²) in [5.74, 6) is 0.553. The molecule has 1 heterocycles. The second kappa shape index (κ2) is 9.43. The van der Waals surface area contributed by atoms with Gasteiger partial charge in [0.1, 0.15) is 0 Å². The van der Waals surface area contributed by atoms with Gasteiger partial charge in [0, 0.05) is 31.4 Å². The molecule has 3 amide bonds. The lowest BCUT2D eigenvalue weighted by Crippen LogP contribution is -2.46. The molecule has 2 rings (SSSR count). The number of nitrogens with one attached hydrogen (secondary N) is 3. The molecule has 9 heteroatoms. The first-order valence-electron chi connectivity index (χ1n) is 7.22. The Morgan fingerprint density at radius 2 is 2.23 bits per heavy atom. The maximum Gasteiger partial charge on any atom is 0.324 e. The van der Waals surface area contributed by atoms with Crippen LogP contribution in [0.4, 0.5) is 4.79 Å². The van der Waals surface area contributed by atoms with Crippen LogP contribution in [0.25, 0.3) is 0 Å². The lowest BCUT2D eigenvalue weighted by molar-refractivity contribution is -0.124. The van der Waals surface area contributed by atoms with Crippen LogP contribution in [0, 0.1) is 0 Å². The fourth-order valence-corrected chi connectivity index (χ4v) is 3.44. The Hall–Kier alpha value is -0.710.